The number of rotatable bonds is 8. The van der Waals surface area contributed by atoms with E-state index in [4.69, 9.17) is 4.74 Å². The third kappa shape index (κ3) is 5.17. The summed E-state index contributed by atoms with van der Waals surface area (Å²) in [5.41, 5.74) is 3.19. The van der Waals surface area contributed by atoms with E-state index < -0.39 is 0 Å². The Morgan fingerprint density at radius 1 is 1.08 bits per heavy atom. The first-order valence-corrected chi connectivity index (χ1v) is 9.50. The molecule has 4 nitrogen and oxygen atoms in total. The molecule has 5 heteroatoms. The molecule has 0 unspecified atom stereocenters. The van der Waals surface area contributed by atoms with Gasteiger partial charge in [0.1, 0.15) is 5.75 Å². The summed E-state index contributed by atoms with van der Waals surface area (Å²) in [6, 6.07) is 15.7. The molecular formula is C21H22N2O2S. The molecule has 0 spiro atoms. The van der Waals surface area contributed by atoms with E-state index in [2.05, 4.69) is 16.4 Å². The largest absolute Gasteiger partial charge is 0.497 e. The molecule has 3 aromatic rings. The molecule has 3 rings (SSSR count). The van der Waals surface area contributed by atoms with E-state index in [1.54, 1.807) is 24.6 Å². The smallest absolute Gasteiger partial charge is 0.223 e. The second-order valence-electron chi connectivity index (χ2n) is 6.05. The number of carbonyl (C=O) groups excluding carboxylic acids is 1. The number of thiophene rings is 1. The Kier molecular flexibility index (Phi) is 6.39. The lowest BCUT2D eigenvalue weighted by atomic mass is 10.1. The van der Waals surface area contributed by atoms with Gasteiger partial charge in [0.05, 0.1) is 19.3 Å². The highest BCUT2D eigenvalue weighted by Gasteiger charge is 2.15. The van der Waals surface area contributed by atoms with Crippen LogP contribution in [0.2, 0.25) is 0 Å². The van der Waals surface area contributed by atoms with Crippen molar-refractivity contribution < 1.29 is 9.53 Å². The molecule has 2 aromatic heterocycles. The quantitative estimate of drug-likeness (QED) is 0.596. The Hall–Kier alpha value is -2.66. The van der Waals surface area contributed by atoms with Gasteiger partial charge < -0.3 is 9.64 Å². The van der Waals surface area contributed by atoms with E-state index in [-0.39, 0.29) is 5.91 Å². The van der Waals surface area contributed by atoms with Crippen molar-refractivity contribution >= 4 is 17.2 Å². The van der Waals surface area contributed by atoms with Crippen molar-refractivity contribution in [2.45, 2.75) is 25.9 Å². The number of aryl methyl sites for hydroxylation is 1. The second-order valence-corrected chi connectivity index (χ2v) is 6.83. The fourth-order valence-electron chi connectivity index (χ4n) is 2.72. The van der Waals surface area contributed by atoms with E-state index in [1.165, 1.54) is 0 Å². The van der Waals surface area contributed by atoms with Gasteiger partial charge in [-0.1, -0.05) is 18.2 Å². The Morgan fingerprint density at radius 3 is 2.58 bits per heavy atom. The Labute approximate surface area is 158 Å². The first kappa shape index (κ1) is 18.1. The van der Waals surface area contributed by atoms with E-state index >= 15 is 0 Å². The minimum atomic E-state index is 0.137. The van der Waals surface area contributed by atoms with Crippen molar-refractivity contribution in [1.82, 2.24) is 9.88 Å². The van der Waals surface area contributed by atoms with Gasteiger partial charge in [-0.3, -0.25) is 9.78 Å². The fourth-order valence-corrected chi connectivity index (χ4v) is 3.38. The maximum Gasteiger partial charge on any atom is 0.223 e. The van der Waals surface area contributed by atoms with Crippen LogP contribution in [-0.2, 0) is 24.3 Å². The number of aromatic nitrogens is 1. The molecule has 0 aliphatic rings. The van der Waals surface area contributed by atoms with Gasteiger partial charge in [0.2, 0.25) is 5.91 Å². The molecule has 26 heavy (non-hydrogen) atoms. The summed E-state index contributed by atoms with van der Waals surface area (Å²) in [4.78, 5) is 19.1. The molecular weight excluding hydrogens is 344 g/mol. The van der Waals surface area contributed by atoms with Gasteiger partial charge in [0.15, 0.2) is 0 Å². The van der Waals surface area contributed by atoms with Crippen LogP contribution >= 0.6 is 11.3 Å². The van der Waals surface area contributed by atoms with Gasteiger partial charge in [0.25, 0.3) is 0 Å². The monoisotopic (exact) mass is 366 g/mol. The van der Waals surface area contributed by atoms with E-state index in [9.17, 15) is 4.79 Å². The number of pyridine rings is 1. The van der Waals surface area contributed by atoms with Crippen molar-refractivity contribution in [3.05, 3.63) is 82.3 Å². The summed E-state index contributed by atoms with van der Waals surface area (Å²) in [5.74, 6) is 0.965. The van der Waals surface area contributed by atoms with Crippen molar-refractivity contribution in [3.8, 4) is 5.75 Å². The maximum absolute atomic E-state index is 12.8. The second kappa shape index (κ2) is 9.15. The van der Waals surface area contributed by atoms with Crippen molar-refractivity contribution in [2.75, 3.05) is 7.11 Å². The lowest BCUT2D eigenvalue weighted by Gasteiger charge is -2.22. The van der Waals surface area contributed by atoms with Crippen LogP contribution in [-0.4, -0.2) is 22.9 Å². The summed E-state index contributed by atoms with van der Waals surface area (Å²) >= 11 is 1.65. The van der Waals surface area contributed by atoms with Crippen LogP contribution < -0.4 is 4.74 Å². The summed E-state index contributed by atoms with van der Waals surface area (Å²) in [6.45, 7) is 1.14. The molecule has 2 heterocycles. The van der Waals surface area contributed by atoms with Gasteiger partial charge >= 0.3 is 0 Å². The predicted molar refractivity (Wildman–Crippen MR) is 104 cm³/mol. The normalized spacial score (nSPS) is 10.5. The van der Waals surface area contributed by atoms with E-state index in [1.807, 2.05) is 52.7 Å². The summed E-state index contributed by atoms with van der Waals surface area (Å²) in [7, 11) is 1.65. The highest BCUT2D eigenvalue weighted by molar-refractivity contribution is 7.07. The van der Waals surface area contributed by atoms with Crippen LogP contribution in [0.5, 0.6) is 5.75 Å². The first-order valence-electron chi connectivity index (χ1n) is 8.56. The van der Waals surface area contributed by atoms with Crippen LogP contribution in [0.15, 0.2) is 65.5 Å². The Bertz CT molecular complexity index is 802. The zero-order valence-corrected chi connectivity index (χ0v) is 15.6. The standard InChI is InChI=1S/C21H22N2O2S/c1-25-20-8-5-17(6-9-20)7-10-21(24)23(14-18-11-13-26-16-18)15-19-4-2-3-12-22-19/h2-6,8-9,11-13,16H,7,10,14-15H2,1H3. The predicted octanol–water partition coefficient (Wildman–Crippen LogP) is 4.31. The maximum atomic E-state index is 12.8. The number of hydrogen-bond donors (Lipinski definition) is 0. The molecule has 1 aromatic carbocycles. The summed E-state index contributed by atoms with van der Waals surface area (Å²) in [6.07, 6.45) is 2.95. The van der Waals surface area contributed by atoms with E-state index in [0.717, 1.165) is 22.6 Å². The highest BCUT2D eigenvalue weighted by Crippen LogP contribution is 2.16. The molecule has 0 fully saturated rings. The molecule has 134 valence electrons. The van der Waals surface area contributed by atoms with Crippen LogP contribution in [0.25, 0.3) is 0 Å². The molecule has 0 atom stereocenters. The van der Waals surface area contributed by atoms with Gasteiger partial charge in [-0.25, -0.2) is 0 Å². The molecule has 0 saturated carbocycles. The third-order valence-electron chi connectivity index (χ3n) is 4.17. The van der Waals surface area contributed by atoms with Gasteiger partial charge in [-0.15, -0.1) is 0 Å². The average molecular weight is 366 g/mol. The number of ether oxygens (including phenoxy) is 1. The zero-order valence-electron chi connectivity index (χ0n) is 14.8. The zero-order chi connectivity index (χ0) is 18.2. The van der Waals surface area contributed by atoms with Crippen molar-refractivity contribution in [2.24, 2.45) is 0 Å². The highest BCUT2D eigenvalue weighted by atomic mass is 32.1. The molecule has 0 N–H and O–H groups in total. The number of nitrogens with zero attached hydrogens (tertiary/aromatic N) is 2. The van der Waals surface area contributed by atoms with Crippen LogP contribution in [0.1, 0.15) is 23.2 Å². The first-order chi connectivity index (χ1) is 12.7. The van der Waals surface area contributed by atoms with Gasteiger partial charge in [0, 0.05) is 19.2 Å². The van der Waals surface area contributed by atoms with Gasteiger partial charge in [-0.2, -0.15) is 11.3 Å². The lowest BCUT2D eigenvalue weighted by molar-refractivity contribution is -0.132. The topological polar surface area (TPSA) is 42.4 Å². The van der Waals surface area contributed by atoms with Crippen LogP contribution in [0.4, 0.5) is 0 Å². The van der Waals surface area contributed by atoms with Crippen LogP contribution in [0, 0.1) is 0 Å². The van der Waals surface area contributed by atoms with Crippen LogP contribution in [0.3, 0.4) is 0 Å². The summed E-state index contributed by atoms with van der Waals surface area (Å²) in [5, 5.41) is 4.12. The van der Waals surface area contributed by atoms with Crippen molar-refractivity contribution in [3.63, 3.8) is 0 Å². The van der Waals surface area contributed by atoms with Gasteiger partial charge in [-0.05, 0) is 58.6 Å². The summed E-state index contributed by atoms with van der Waals surface area (Å²) < 4.78 is 5.18. The Morgan fingerprint density at radius 2 is 1.92 bits per heavy atom. The fraction of sp³-hybridized carbons (Fsp3) is 0.238. The molecule has 1 amide bonds. The number of hydrogen-bond acceptors (Lipinski definition) is 4. The molecule has 0 saturated heterocycles. The third-order valence-corrected chi connectivity index (χ3v) is 4.90. The average Bonchev–Trinajstić information content (AvgIpc) is 3.20. The minimum absolute atomic E-state index is 0.137. The molecule has 0 bridgehead atoms. The lowest BCUT2D eigenvalue weighted by Crippen LogP contribution is -2.30. The number of benzene rings is 1. The molecule has 0 radical (unpaired) electrons. The number of amides is 1. The SMILES string of the molecule is COc1ccc(CCC(=O)N(Cc2ccsc2)Cc2ccccn2)cc1. The number of methoxy groups -OCH3 is 1. The van der Waals surface area contributed by atoms with Crippen molar-refractivity contribution in [1.29, 1.82) is 0 Å². The Balaban J connectivity index is 1.65. The van der Waals surface area contributed by atoms with E-state index in [0.29, 0.717) is 25.9 Å². The molecule has 0 aliphatic carbocycles. The molecule has 0 aliphatic heterocycles. The number of carbonyl (C=O) groups is 1. The minimum Gasteiger partial charge on any atom is -0.497 e.